The molecule has 0 radical (unpaired) electrons. The molecule has 2 aromatic carbocycles. The summed E-state index contributed by atoms with van der Waals surface area (Å²) in [4.78, 5) is 11.8. The molecule has 0 aliphatic carbocycles. The Bertz CT molecular complexity index is 687. The molecule has 0 spiro atoms. The minimum atomic E-state index is -0.236. The van der Waals surface area contributed by atoms with E-state index >= 15 is 0 Å². The molecule has 2 aromatic rings. The standard InChI is InChI=1S/C19H20N2O2/c1-23-15-18-12-6-5-11-17(18)14-21-19(22)20-13-7-10-16-8-3-2-4-9-16/h2-6,8-9,11-12H,13-15H2,1H3,(H2,20,21,22). The number of carbonyl (C=O) groups is 1. The SMILES string of the molecule is COCc1ccccc1CNC(=O)NCC#Cc1ccccc1. The van der Waals surface area contributed by atoms with Crippen molar-refractivity contribution in [3.8, 4) is 11.8 Å². The number of rotatable bonds is 5. The lowest BCUT2D eigenvalue weighted by Gasteiger charge is -2.10. The number of urea groups is 1. The molecule has 118 valence electrons. The van der Waals surface area contributed by atoms with Crippen molar-refractivity contribution in [3.63, 3.8) is 0 Å². The van der Waals surface area contributed by atoms with Crippen LogP contribution in [-0.4, -0.2) is 19.7 Å². The van der Waals surface area contributed by atoms with Crippen LogP contribution in [0.15, 0.2) is 54.6 Å². The number of hydrogen-bond donors (Lipinski definition) is 2. The lowest BCUT2D eigenvalue weighted by molar-refractivity contribution is 0.184. The van der Waals surface area contributed by atoms with Gasteiger partial charge in [-0.2, -0.15) is 0 Å². The van der Waals surface area contributed by atoms with Crippen molar-refractivity contribution in [2.24, 2.45) is 0 Å². The monoisotopic (exact) mass is 308 g/mol. The van der Waals surface area contributed by atoms with Crippen LogP contribution in [0.2, 0.25) is 0 Å². The molecular formula is C19H20N2O2. The fourth-order valence-electron chi connectivity index (χ4n) is 2.06. The summed E-state index contributed by atoms with van der Waals surface area (Å²) in [6.45, 7) is 1.29. The third-order valence-electron chi connectivity index (χ3n) is 3.20. The van der Waals surface area contributed by atoms with E-state index in [-0.39, 0.29) is 6.03 Å². The lowest BCUT2D eigenvalue weighted by atomic mass is 10.1. The second-order valence-corrected chi connectivity index (χ2v) is 4.91. The Labute approximate surface area is 136 Å². The highest BCUT2D eigenvalue weighted by Crippen LogP contribution is 2.09. The van der Waals surface area contributed by atoms with Gasteiger partial charge in [0, 0.05) is 19.2 Å². The number of methoxy groups -OCH3 is 1. The van der Waals surface area contributed by atoms with Gasteiger partial charge >= 0.3 is 6.03 Å². The van der Waals surface area contributed by atoms with E-state index in [1.54, 1.807) is 7.11 Å². The molecule has 2 rings (SSSR count). The van der Waals surface area contributed by atoms with E-state index in [2.05, 4.69) is 22.5 Å². The van der Waals surface area contributed by atoms with E-state index < -0.39 is 0 Å². The third-order valence-corrected chi connectivity index (χ3v) is 3.20. The first-order valence-electron chi connectivity index (χ1n) is 7.41. The van der Waals surface area contributed by atoms with Crippen LogP contribution < -0.4 is 10.6 Å². The van der Waals surface area contributed by atoms with Gasteiger partial charge in [0.1, 0.15) is 0 Å². The van der Waals surface area contributed by atoms with E-state index in [0.717, 1.165) is 16.7 Å². The van der Waals surface area contributed by atoms with E-state index in [1.807, 2.05) is 54.6 Å². The number of nitrogens with one attached hydrogen (secondary N) is 2. The maximum atomic E-state index is 11.8. The first-order chi connectivity index (χ1) is 11.3. The van der Waals surface area contributed by atoms with Crippen molar-refractivity contribution < 1.29 is 9.53 Å². The molecule has 0 atom stereocenters. The molecule has 0 aromatic heterocycles. The second-order valence-electron chi connectivity index (χ2n) is 4.91. The smallest absolute Gasteiger partial charge is 0.315 e. The summed E-state index contributed by atoms with van der Waals surface area (Å²) in [5.41, 5.74) is 3.04. The van der Waals surface area contributed by atoms with Gasteiger partial charge in [-0.15, -0.1) is 0 Å². The quantitative estimate of drug-likeness (QED) is 0.834. The van der Waals surface area contributed by atoms with Gasteiger partial charge in [0.15, 0.2) is 0 Å². The summed E-state index contributed by atoms with van der Waals surface area (Å²) < 4.78 is 5.15. The van der Waals surface area contributed by atoms with Crippen LogP contribution in [0, 0.1) is 11.8 Å². The van der Waals surface area contributed by atoms with Gasteiger partial charge in [0.25, 0.3) is 0 Å². The molecule has 0 saturated carbocycles. The first-order valence-corrected chi connectivity index (χ1v) is 7.41. The Kier molecular flexibility index (Phi) is 6.70. The summed E-state index contributed by atoms with van der Waals surface area (Å²) in [7, 11) is 1.66. The van der Waals surface area contributed by atoms with Crippen LogP contribution in [0.3, 0.4) is 0 Å². The van der Waals surface area contributed by atoms with Crippen molar-refractivity contribution in [2.45, 2.75) is 13.2 Å². The lowest BCUT2D eigenvalue weighted by Crippen LogP contribution is -2.35. The number of hydrogen-bond acceptors (Lipinski definition) is 2. The molecule has 0 bridgehead atoms. The molecule has 2 N–H and O–H groups in total. The zero-order valence-corrected chi connectivity index (χ0v) is 13.1. The zero-order valence-electron chi connectivity index (χ0n) is 13.1. The predicted octanol–water partition coefficient (Wildman–Crippen LogP) is 2.68. The summed E-state index contributed by atoms with van der Waals surface area (Å²) in [5, 5.41) is 5.54. The van der Waals surface area contributed by atoms with Crippen molar-refractivity contribution >= 4 is 6.03 Å². The van der Waals surface area contributed by atoms with E-state index in [0.29, 0.717) is 19.7 Å². The van der Waals surface area contributed by atoms with Gasteiger partial charge in [-0.05, 0) is 23.3 Å². The van der Waals surface area contributed by atoms with Crippen LogP contribution in [0.1, 0.15) is 16.7 Å². The van der Waals surface area contributed by atoms with Crippen molar-refractivity contribution in [1.29, 1.82) is 0 Å². The average molecular weight is 308 g/mol. The number of amides is 2. The molecule has 2 amide bonds. The topological polar surface area (TPSA) is 50.4 Å². The Morgan fingerprint density at radius 2 is 1.70 bits per heavy atom. The van der Waals surface area contributed by atoms with Gasteiger partial charge in [-0.3, -0.25) is 0 Å². The van der Waals surface area contributed by atoms with Crippen LogP contribution in [0.5, 0.6) is 0 Å². The van der Waals surface area contributed by atoms with Crippen molar-refractivity contribution in [3.05, 3.63) is 71.3 Å². The number of carbonyl (C=O) groups excluding carboxylic acids is 1. The highest BCUT2D eigenvalue weighted by molar-refractivity contribution is 5.74. The minimum Gasteiger partial charge on any atom is -0.380 e. The molecule has 0 fully saturated rings. The number of benzene rings is 2. The number of ether oxygens (including phenoxy) is 1. The first kappa shape index (κ1) is 16.6. The van der Waals surface area contributed by atoms with Gasteiger partial charge in [-0.25, -0.2) is 4.79 Å². The van der Waals surface area contributed by atoms with Gasteiger partial charge in [-0.1, -0.05) is 54.3 Å². The highest BCUT2D eigenvalue weighted by Gasteiger charge is 2.03. The largest absolute Gasteiger partial charge is 0.380 e. The third kappa shape index (κ3) is 5.85. The summed E-state index contributed by atoms with van der Waals surface area (Å²) >= 11 is 0. The summed E-state index contributed by atoms with van der Waals surface area (Å²) in [6, 6.07) is 17.3. The fourth-order valence-corrected chi connectivity index (χ4v) is 2.06. The molecular weight excluding hydrogens is 288 g/mol. The predicted molar refractivity (Wildman–Crippen MR) is 90.7 cm³/mol. The van der Waals surface area contributed by atoms with Gasteiger partial charge in [0.2, 0.25) is 0 Å². The zero-order chi connectivity index (χ0) is 16.3. The molecule has 0 heterocycles. The van der Waals surface area contributed by atoms with Crippen LogP contribution in [-0.2, 0) is 17.9 Å². The van der Waals surface area contributed by atoms with E-state index in [4.69, 9.17) is 4.74 Å². The van der Waals surface area contributed by atoms with Gasteiger partial charge in [0.05, 0.1) is 13.2 Å². The molecule has 4 nitrogen and oxygen atoms in total. The molecule has 23 heavy (non-hydrogen) atoms. The minimum absolute atomic E-state index is 0.236. The maximum Gasteiger partial charge on any atom is 0.315 e. The van der Waals surface area contributed by atoms with Crippen molar-refractivity contribution in [2.75, 3.05) is 13.7 Å². The van der Waals surface area contributed by atoms with Crippen molar-refractivity contribution in [1.82, 2.24) is 10.6 Å². The average Bonchev–Trinajstić information content (AvgIpc) is 2.59. The molecule has 0 aliphatic heterocycles. The van der Waals surface area contributed by atoms with Gasteiger partial charge < -0.3 is 15.4 Å². The molecule has 4 heteroatoms. The summed E-state index contributed by atoms with van der Waals surface area (Å²) in [5.74, 6) is 5.91. The molecule has 0 aliphatic rings. The van der Waals surface area contributed by atoms with E-state index in [1.165, 1.54) is 0 Å². The maximum absolute atomic E-state index is 11.8. The fraction of sp³-hybridized carbons (Fsp3) is 0.211. The molecule has 0 saturated heterocycles. The Balaban J connectivity index is 1.77. The summed E-state index contributed by atoms with van der Waals surface area (Å²) in [6.07, 6.45) is 0. The Hall–Kier alpha value is -2.77. The second kappa shape index (κ2) is 9.29. The van der Waals surface area contributed by atoms with Crippen LogP contribution >= 0.6 is 0 Å². The molecule has 0 unspecified atom stereocenters. The Morgan fingerprint density at radius 1 is 1.00 bits per heavy atom. The van der Waals surface area contributed by atoms with Crippen LogP contribution in [0.4, 0.5) is 4.79 Å². The Morgan fingerprint density at radius 3 is 2.43 bits per heavy atom. The normalized spacial score (nSPS) is 9.61. The highest BCUT2D eigenvalue weighted by atomic mass is 16.5. The van der Waals surface area contributed by atoms with Crippen LogP contribution in [0.25, 0.3) is 0 Å². The van der Waals surface area contributed by atoms with E-state index in [9.17, 15) is 4.79 Å².